The number of hydrogen-bond acceptors (Lipinski definition) is 4. The fraction of sp³-hybridized carbons (Fsp3) is 0.267. The molecule has 5 nitrogen and oxygen atoms in total. The van der Waals surface area contributed by atoms with Gasteiger partial charge in [0.05, 0.1) is 18.2 Å². The predicted octanol–water partition coefficient (Wildman–Crippen LogP) is 6.97. The summed E-state index contributed by atoms with van der Waals surface area (Å²) in [5.74, 6) is -0.965. The summed E-state index contributed by atoms with van der Waals surface area (Å²) < 4.78 is 5.53. The Balaban J connectivity index is 1.93. The lowest BCUT2D eigenvalue weighted by molar-refractivity contribution is -0.132. The normalized spacial score (nSPS) is 17.5. The molecule has 1 heterocycles. The minimum absolute atomic E-state index is 0.0466. The first-order chi connectivity index (χ1) is 17.0. The summed E-state index contributed by atoms with van der Waals surface area (Å²) in [6.45, 7) is 10.5. The standard InChI is InChI=1S/C30H30ClNO4/c1-6-36-23-15-13-22(14-16-23)32-26(19-8-11-21(31)12-9-19)25(28(34)29(32)35)27(33)24-17-20(30(3,4)5)10-7-18(24)2/h7-17,26,33H,6H2,1-5H3/b27-25+. The Hall–Kier alpha value is -3.57. The Labute approximate surface area is 217 Å². The molecule has 36 heavy (non-hydrogen) atoms. The van der Waals surface area contributed by atoms with Crippen LogP contribution < -0.4 is 9.64 Å². The Kier molecular flexibility index (Phi) is 6.96. The van der Waals surface area contributed by atoms with Crippen molar-refractivity contribution >= 4 is 34.7 Å². The van der Waals surface area contributed by atoms with Crippen LogP contribution in [0.3, 0.4) is 0 Å². The molecule has 186 valence electrons. The fourth-order valence-corrected chi connectivity index (χ4v) is 4.54. The van der Waals surface area contributed by atoms with Gasteiger partial charge in [-0.25, -0.2) is 0 Å². The van der Waals surface area contributed by atoms with Crippen LogP contribution in [0, 0.1) is 6.92 Å². The summed E-state index contributed by atoms with van der Waals surface area (Å²) in [6, 6.07) is 19.0. The SMILES string of the molecule is CCOc1ccc(N2C(=O)C(=O)/C(=C(/O)c3cc(C(C)(C)C)ccc3C)C2c2ccc(Cl)cc2)cc1. The lowest BCUT2D eigenvalue weighted by Gasteiger charge is -2.26. The third kappa shape index (κ3) is 4.76. The Morgan fingerprint density at radius 1 is 1.00 bits per heavy atom. The van der Waals surface area contributed by atoms with Crippen molar-refractivity contribution in [1.82, 2.24) is 0 Å². The Morgan fingerprint density at radius 3 is 2.22 bits per heavy atom. The third-order valence-corrected chi connectivity index (χ3v) is 6.67. The molecular formula is C30H30ClNO4. The van der Waals surface area contributed by atoms with E-state index in [1.807, 2.05) is 32.0 Å². The molecular weight excluding hydrogens is 474 g/mol. The number of aliphatic hydroxyl groups is 1. The van der Waals surface area contributed by atoms with E-state index < -0.39 is 17.7 Å². The molecule has 0 saturated carbocycles. The summed E-state index contributed by atoms with van der Waals surface area (Å²) in [4.78, 5) is 28.3. The number of carbonyl (C=O) groups excluding carboxylic acids is 2. The van der Waals surface area contributed by atoms with Crippen LogP contribution in [0.15, 0.2) is 72.3 Å². The van der Waals surface area contributed by atoms with Gasteiger partial charge in [-0.05, 0) is 78.4 Å². The Morgan fingerprint density at radius 2 is 1.64 bits per heavy atom. The third-order valence-electron chi connectivity index (χ3n) is 6.41. The van der Waals surface area contributed by atoms with E-state index >= 15 is 0 Å². The van der Waals surface area contributed by atoms with Gasteiger partial charge in [0.15, 0.2) is 0 Å². The number of anilines is 1. The number of aryl methyl sites for hydroxylation is 1. The summed E-state index contributed by atoms with van der Waals surface area (Å²) in [6.07, 6.45) is 0. The van der Waals surface area contributed by atoms with Crippen molar-refractivity contribution in [2.24, 2.45) is 0 Å². The van der Waals surface area contributed by atoms with Crippen molar-refractivity contribution < 1.29 is 19.4 Å². The maximum absolute atomic E-state index is 13.5. The molecule has 1 saturated heterocycles. The van der Waals surface area contributed by atoms with E-state index in [0.29, 0.717) is 34.2 Å². The lowest BCUT2D eigenvalue weighted by Crippen LogP contribution is -2.29. The zero-order chi connectivity index (χ0) is 26.2. The highest BCUT2D eigenvalue weighted by molar-refractivity contribution is 6.51. The fourth-order valence-electron chi connectivity index (χ4n) is 4.42. The molecule has 3 aromatic rings. The van der Waals surface area contributed by atoms with E-state index in [4.69, 9.17) is 16.3 Å². The highest BCUT2D eigenvalue weighted by atomic mass is 35.5. The van der Waals surface area contributed by atoms with Gasteiger partial charge in [-0.15, -0.1) is 0 Å². The van der Waals surface area contributed by atoms with Crippen LogP contribution in [0.25, 0.3) is 5.76 Å². The number of ether oxygens (including phenoxy) is 1. The number of carbonyl (C=O) groups is 2. The first kappa shape index (κ1) is 25.5. The highest BCUT2D eigenvalue weighted by Gasteiger charge is 2.47. The number of halogens is 1. The van der Waals surface area contributed by atoms with Crippen molar-refractivity contribution in [2.75, 3.05) is 11.5 Å². The molecule has 1 aliphatic rings. The van der Waals surface area contributed by atoms with Crippen molar-refractivity contribution in [3.8, 4) is 5.75 Å². The van der Waals surface area contributed by atoms with Crippen LogP contribution in [0.1, 0.15) is 56.0 Å². The highest BCUT2D eigenvalue weighted by Crippen LogP contribution is 2.43. The Bertz CT molecular complexity index is 1330. The molecule has 1 amide bonds. The van der Waals surface area contributed by atoms with Gasteiger partial charge in [-0.1, -0.05) is 56.6 Å². The maximum Gasteiger partial charge on any atom is 0.300 e. The molecule has 1 N–H and O–H groups in total. The van der Waals surface area contributed by atoms with E-state index in [0.717, 1.165) is 11.1 Å². The van der Waals surface area contributed by atoms with Gasteiger partial charge in [0.2, 0.25) is 0 Å². The average Bonchev–Trinajstić information content (AvgIpc) is 3.10. The molecule has 1 unspecified atom stereocenters. The van der Waals surface area contributed by atoms with Gasteiger partial charge in [-0.2, -0.15) is 0 Å². The minimum atomic E-state index is -0.821. The first-order valence-electron chi connectivity index (χ1n) is 11.9. The van der Waals surface area contributed by atoms with Crippen LogP contribution in [0.5, 0.6) is 5.75 Å². The molecule has 3 aromatic carbocycles. The van der Waals surface area contributed by atoms with E-state index in [9.17, 15) is 14.7 Å². The van der Waals surface area contributed by atoms with Crippen LogP contribution in [-0.2, 0) is 15.0 Å². The van der Waals surface area contributed by atoms with E-state index in [1.165, 1.54) is 4.90 Å². The zero-order valence-electron chi connectivity index (χ0n) is 21.1. The molecule has 0 aromatic heterocycles. The minimum Gasteiger partial charge on any atom is -0.507 e. The van der Waals surface area contributed by atoms with Crippen molar-refractivity contribution in [1.29, 1.82) is 0 Å². The van der Waals surface area contributed by atoms with Crippen LogP contribution >= 0.6 is 11.6 Å². The van der Waals surface area contributed by atoms with Crippen molar-refractivity contribution in [2.45, 2.75) is 46.1 Å². The molecule has 0 aliphatic carbocycles. The summed E-state index contributed by atoms with van der Waals surface area (Å²) in [7, 11) is 0. The monoisotopic (exact) mass is 503 g/mol. The summed E-state index contributed by atoms with van der Waals surface area (Å²) in [5.41, 5.74) is 3.43. The second-order valence-corrected chi connectivity index (χ2v) is 10.4. The zero-order valence-corrected chi connectivity index (χ0v) is 21.9. The molecule has 1 fully saturated rings. The molecule has 4 rings (SSSR count). The van der Waals surface area contributed by atoms with Crippen LogP contribution in [-0.4, -0.2) is 23.4 Å². The number of ketones is 1. The number of aliphatic hydroxyl groups excluding tert-OH is 1. The van der Waals surface area contributed by atoms with E-state index in [1.54, 1.807) is 48.5 Å². The largest absolute Gasteiger partial charge is 0.507 e. The molecule has 1 atom stereocenters. The number of benzene rings is 3. The first-order valence-corrected chi connectivity index (χ1v) is 12.3. The van der Waals surface area contributed by atoms with Gasteiger partial charge < -0.3 is 9.84 Å². The second kappa shape index (κ2) is 9.82. The number of rotatable bonds is 5. The molecule has 0 spiro atoms. The topological polar surface area (TPSA) is 66.8 Å². The van der Waals surface area contributed by atoms with Gasteiger partial charge in [0, 0.05) is 16.3 Å². The van der Waals surface area contributed by atoms with Gasteiger partial charge in [0.25, 0.3) is 11.7 Å². The molecule has 1 aliphatic heterocycles. The molecule has 6 heteroatoms. The van der Waals surface area contributed by atoms with E-state index in [-0.39, 0.29) is 16.7 Å². The van der Waals surface area contributed by atoms with Crippen LogP contribution in [0.4, 0.5) is 5.69 Å². The van der Waals surface area contributed by atoms with Gasteiger partial charge >= 0.3 is 0 Å². The smallest absolute Gasteiger partial charge is 0.300 e. The number of Topliss-reactive ketones (excluding diaryl/α,β-unsaturated/α-hetero) is 1. The van der Waals surface area contributed by atoms with Gasteiger partial charge in [0.1, 0.15) is 11.5 Å². The van der Waals surface area contributed by atoms with E-state index in [2.05, 4.69) is 20.8 Å². The van der Waals surface area contributed by atoms with Crippen molar-refractivity contribution in [3.63, 3.8) is 0 Å². The average molecular weight is 504 g/mol. The lowest BCUT2D eigenvalue weighted by atomic mass is 9.84. The number of nitrogens with zero attached hydrogens (tertiary/aromatic N) is 1. The molecule has 0 radical (unpaired) electrons. The summed E-state index contributed by atoms with van der Waals surface area (Å²) >= 11 is 6.13. The second-order valence-electron chi connectivity index (χ2n) is 9.93. The number of amides is 1. The predicted molar refractivity (Wildman–Crippen MR) is 144 cm³/mol. The quantitative estimate of drug-likeness (QED) is 0.232. The molecule has 0 bridgehead atoms. The van der Waals surface area contributed by atoms with Crippen molar-refractivity contribution in [3.05, 3.63) is 99.6 Å². The summed E-state index contributed by atoms with van der Waals surface area (Å²) in [5, 5.41) is 12.1. The van der Waals surface area contributed by atoms with Crippen LogP contribution in [0.2, 0.25) is 5.02 Å². The maximum atomic E-state index is 13.5. The number of hydrogen-bond donors (Lipinski definition) is 1. The van der Waals surface area contributed by atoms with Gasteiger partial charge in [-0.3, -0.25) is 14.5 Å².